The summed E-state index contributed by atoms with van der Waals surface area (Å²) in [6.45, 7) is 0. The minimum atomic E-state index is -0.401. The number of methoxy groups -OCH3 is 1. The van der Waals surface area contributed by atoms with Crippen molar-refractivity contribution in [3.8, 4) is 5.75 Å². The van der Waals surface area contributed by atoms with Gasteiger partial charge >= 0.3 is 0 Å². The van der Waals surface area contributed by atoms with Gasteiger partial charge in [0.15, 0.2) is 0 Å². The number of hydrogen-bond acceptors (Lipinski definition) is 3. The van der Waals surface area contributed by atoms with Crippen LogP contribution in [-0.2, 0) is 0 Å². The first-order valence-corrected chi connectivity index (χ1v) is 10.5. The molecule has 0 amide bonds. The zero-order chi connectivity index (χ0) is 19.1. The van der Waals surface area contributed by atoms with Gasteiger partial charge in [-0.3, -0.25) is 0 Å². The van der Waals surface area contributed by atoms with Gasteiger partial charge in [-0.25, -0.2) is 4.98 Å². The Morgan fingerprint density at radius 3 is 2.61 bits per heavy atom. The summed E-state index contributed by atoms with van der Waals surface area (Å²) in [5.74, 6) is 2.44. The lowest BCUT2D eigenvalue weighted by molar-refractivity contribution is 0.0810. The number of aromatic nitrogens is 2. The monoisotopic (exact) mass is 376 g/mol. The van der Waals surface area contributed by atoms with Gasteiger partial charge in [0.25, 0.3) is 0 Å². The lowest BCUT2D eigenvalue weighted by Gasteiger charge is -2.33. The molecule has 1 unspecified atom stereocenters. The minimum absolute atomic E-state index is 0.320. The fourth-order valence-corrected chi connectivity index (χ4v) is 5.00. The van der Waals surface area contributed by atoms with Crippen molar-refractivity contribution in [2.75, 3.05) is 7.11 Å². The van der Waals surface area contributed by atoms with Crippen molar-refractivity contribution in [3.05, 3.63) is 65.7 Å². The number of aliphatic hydroxyl groups excluding tert-OH is 1. The van der Waals surface area contributed by atoms with Crippen molar-refractivity contribution < 1.29 is 9.84 Å². The van der Waals surface area contributed by atoms with Crippen LogP contribution in [0.3, 0.4) is 0 Å². The first-order valence-electron chi connectivity index (χ1n) is 10.5. The third kappa shape index (κ3) is 3.20. The maximum absolute atomic E-state index is 11.4. The summed E-state index contributed by atoms with van der Waals surface area (Å²) in [6, 6.07) is 10.7. The molecule has 2 heterocycles. The molecule has 0 aliphatic heterocycles. The minimum Gasteiger partial charge on any atom is -0.497 e. The van der Waals surface area contributed by atoms with Gasteiger partial charge in [-0.1, -0.05) is 12.1 Å². The molecule has 1 atom stereocenters. The molecule has 0 spiro atoms. The molecule has 0 radical (unpaired) electrons. The smallest absolute Gasteiger partial charge is 0.119 e. The van der Waals surface area contributed by atoms with E-state index >= 15 is 0 Å². The maximum atomic E-state index is 11.4. The average Bonchev–Trinajstić information content (AvgIpc) is 3.49. The van der Waals surface area contributed by atoms with Crippen molar-refractivity contribution in [2.24, 2.45) is 5.92 Å². The molecule has 5 rings (SSSR count). The van der Waals surface area contributed by atoms with Crippen molar-refractivity contribution in [3.63, 3.8) is 0 Å². The Labute approximate surface area is 166 Å². The second-order valence-corrected chi connectivity index (χ2v) is 8.48. The highest BCUT2D eigenvalue weighted by molar-refractivity contribution is 5.59. The molecule has 2 aliphatic carbocycles. The molecule has 146 valence electrons. The van der Waals surface area contributed by atoms with Crippen molar-refractivity contribution in [1.82, 2.24) is 9.38 Å². The van der Waals surface area contributed by atoms with E-state index in [9.17, 15) is 5.11 Å². The molecule has 2 aliphatic rings. The third-order valence-electron chi connectivity index (χ3n) is 6.76. The molecular weight excluding hydrogens is 348 g/mol. The Morgan fingerprint density at radius 2 is 1.86 bits per heavy atom. The lowest BCUT2D eigenvalue weighted by Crippen LogP contribution is -2.21. The molecule has 1 N–H and O–H groups in total. The highest BCUT2D eigenvalue weighted by Gasteiger charge is 2.34. The summed E-state index contributed by atoms with van der Waals surface area (Å²) < 4.78 is 7.44. The summed E-state index contributed by atoms with van der Waals surface area (Å²) in [5.41, 5.74) is 4.92. The predicted molar refractivity (Wildman–Crippen MR) is 110 cm³/mol. The van der Waals surface area contributed by atoms with Crippen LogP contribution in [0.2, 0.25) is 0 Å². The Bertz CT molecular complexity index is 968. The number of benzene rings is 1. The number of fused-ring (bicyclic) bond motifs is 1. The van der Waals surface area contributed by atoms with E-state index in [4.69, 9.17) is 4.74 Å². The zero-order valence-corrected chi connectivity index (χ0v) is 16.4. The first-order chi connectivity index (χ1) is 13.7. The summed E-state index contributed by atoms with van der Waals surface area (Å²) in [6.07, 6.45) is 12.3. The van der Waals surface area contributed by atoms with Crippen LogP contribution in [0.1, 0.15) is 73.2 Å². The van der Waals surface area contributed by atoms with Crippen LogP contribution in [0.4, 0.5) is 0 Å². The van der Waals surface area contributed by atoms with Gasteiger partial charge in [-0.05, 0) is 85.6 Å². The van der Waals surface area contributed by atoms with Gasteiger partial charge in [0.05, 0.1) is 31.3 Å². The molecule has 2 saturated carbocycles. The van der Waals surface area contributed by atoms with Gasteiger partial charge in [0.2, 0.25) is 0 Å². The Balaban J connectivity index is 1.36. The third-order valence-corrected chi connectivity index (χ3v) is 6.76. The van der Waals surface area contributed by atoms with Crippen LogP contribution >= 0.6 is 0 Å². The number of ether oxygens (including phenoxy) is 1. The number of hydrogen-bond donors (Lipinski definition) is 1. The summed E-state index contributed by atoms with van der Waals surface area (Å²) in [4.78, 5) is 4.32. The highest BCUT2D eigenvalue weighted by Crippen LogP contribution is 2.48. The van der Waals surface area contributed by atoms with Crippen LogP contribution in [0.15, 0.2) is 49.1 Å². The van der Waals surface area contributed by atoms with E-state index in [1.165, 1.54) is 24.0 Å². The topological polar surface area (TPSA) is 46.8 Å². The van der Waals surface area contributed by atoms with Gasteiger partial charge < -0.3 is 14.2 Å². The molecule has 0 bridgehead atoms. The van der Waals surface area contributed by atoms with Crippen LogP contribution in [-0.4, -0.2) is 21.6 Å². The molecule has 3 aromatic rings. The largest absolute Gasteiger partial charge is 0.497 e. The standard InChI is InChI=1S/C24H28N2O2/c1-28-20-4-2-3-19(13-20)16-5-9-18(10-6-16)24(27)23-21(17-7-8-17)11-12-26-15-25-14-22(23)26/h2-4,11-18,24,27H,5-10H2,1H3. The molecule has 4 nitrogen and oxygen atoms in total. The van der Waals surface area contributed by atoms with Gasteiger partial charge in [0.1, 0.15) is 5.75 Å². The molecule has 2 aromatic heterocycles. The molecule has 2 fully saturated rings. The lowest BCUT2D eigenvalue weighted by atomic mass is 9.75. The van der Waals surface area contributed by atoms with E-state index in [1.807, 2.05) is 23.0 Å². The fourth-order valence-electron chi connectivity index (χ4n) is 5.00. The average molecular weight is 377 g/mol. The van der Waals surface area contributed by atoms with Crippen molar-refractivity contribution in [2.45, 2.75) is 56.5 Å². The van der Waals surface area contributed by atoms with Crippen LogP contribution in [0.25, 0.3) is 5.52 Å². The number of imidazole rings is 1. The number of nitrogens with zero attached hydrogens (tertiary/aromatic N) is 2. The van der Waals surface area contributed by atoms with Crippen LogP contribution < -0.4 is 4.74 Å². The van der Waals surface area contributed by atoms with Crippen LogP contribution in [0.5, 0.6) is 5.75 Å². The van der Waals surface area contributed by atoms with E-state index < -0.39 is 6.10 Å². The first kappa shape index (κ1) is 17.7. The van der Waals surface area contributed by atoms with Crippen molar-refractivity contribution >= 4 is 5.52 Å². The number of pyridine rings is 1. The highest BCUT2D eigenvalue weighted by atomic mass is 16.5. The van der Waals surface area contributed by atoms with E-state index in [-0.39, 0.29) is 0 Å². The maximum Gasteiger partial charge on any atom is 0.119 e. The van der Waals surface area contributed by atoms with E-state index in [0.717, 1.165) is 42.5 Å². The molecule has 0 saturated heterocycles. The Hall–Kier alpha value is -2.33. The molecule has 28 heavy (non-hydrogen) atoms. The molecule has 1 aromatic carbocycles. The van der Waals surface area contributed by atoms with Gasteiger partial charge in [-0.15, -0.1) is 0 Å². The second kappa shape index (κ2) is 7.25. The second-order valence-electron chi connectivity index (χ2n) is 8.48. The predicted octanol–water partition coefficient (Wildman–Crippen LogP) is 5.23. The summed E-state index contributed by atoms with van der Waals surface area (Å²) >= 11 is 0. The summed E-state index contributed by atoms with van der Waals surface area (Å²) in [5, 5.41) is 11.4. The van der Waals surface area contributed by atoms with Crippen LogP contribution in [0, 0.1) is 5.92 Å². The van der Waals surface area contributed by atoms with E-state index in [0.29, 0.717) is 17.8 Å². The molecule has 4 heteroatoms. The number of aliphatic hydroxyl groups is 1. The quantitative estimate of drug-likeness (QED) is 0.663. The zero-order valence-electron chi connectivity index (χ0n) is 16.4. The summed E-state index contributed by atoms with van der Waals surface area (Å²) in [7, 11) is 1.72. The Kier molecular flexibility index (Phi) is 4.59. The molecular formula is C24H28N2O2. The van der Waals surface area contributed by atoms with E-state index in [2.05, 4.69) is 35.4 Å². The SMILES string of the molecule is COc1cccc(C2CCC(C(O)c3c(C4CC4)ccn4cncc34)CC2)c1. The fraction of sp³-hybridized carbons (Fsp3) is 0.458. The van der Waals surface area contributed by atoms with E-state index in [1.54, 1.807) is 7.11 Å². The number of rotatable bonds is 5. The van der Waals surface area contributed by atoms with Crippen molar-refractivity contribution in [1.29, 1.82) is 0 Å². The normalized spacial score (nSPS) is 23.6. The Morgan fingerprint density at radius 1 is 1.07 bits per heavy atom. The van der Waals surface area contributed by atoms with Gasteiger partial charge in [-0.2, -0.15) is 0 Å². The van der Waals surface area contributed by atoms with Gasteiger partial charge in [0, 0.05) is 11.8 Å².